The fraction of sp³-hybridized carbons (Fsp3) is 0.941. The molecular formula is C17H32N2O2S. The summed E-state index contributed by atoms with van der Waals surface area (Å²) < 4.78 is 5.55. The predicted octanol–water partition coefficient (Wildman–Crippen LogP) is 3.65. The first kappa shape index (κ1) is 17.9. The Kier molecular flexibility index (Phi) is 6.45. The summed E-state index contributed by atoms with van der Waals surface area (Å²) in [6.07, 6.45) is 5.82. The largest absolute Gasteiger partial charge is 0.444 e. The zero-order valence-corrected chi connectivity index (χ0v) is 15.4. The van der Waals surface area contributed by atoms with Crippen molar-refractivity contribution in [3.8, 4) is 0 Å². The number of likely N-dealkylation sites (tertiary alicyclic amines) is 1. The van der Waals surface area contributed by atoms with Crippen molar-refractivity contribution in [2.24, 2.45) is 0 Å². The Hall–Kier alpha value is -0.420. The monoisotopic (exact) mass is 328 g/mol. The average molecular weight is 329 g/mol. The minimum Gasteiger partial charge on any atom is -0.444 e. The number of nitrogens with zero attached hydrogens (tertiary/aromatic N) is 1. The number of thioether (sulfide) groups is 1. The molecule has 0 saturated carbocycles. The molecule has 0 aromatic rings. The minimum absolute atomic E-state index is 0.160. The molecule has 1 amide bonds. The number of nitrogens with one attached hydrogen (secondary N) is 1. The molecule has 0 bridgehead atoms. The van der Waals surface area contributed by atoms with Crippen molar-refractivity contribution < 1.29 is 9.53 Å². The van der Waals surface area contributed by atoms with E-state index in [0.717, 1.165) is 25.9 Å². The normalized spacial score (nSPS) is 30.7. The van der Waals surface area contributed by atoms with Crippen molar-refractivity contribution in [1.29, 1.82) is 0 Å². The first-order valence-electron chi connectivity index (χ1n) is 8.71. The predicted molar refractivity (Wildman–Crippen MR) is 93.5 cm³/mol. The van der Waals surface area contributed by atoms with E-state index in [9.17, 15) is 4.79 Å². The SMILES string of the molecule is CC1SCCCC1NC1CCCCN(C(=O)OC(C)(C)C)C1. The van der Waals surface area contributed by atoms with E-state index in [4.69, 9.17) is 4.74 Å². The van der Waals surface area contributed by atoms with E-state index in [0.29, 0.717) is 17.3 Å². The standard InChI is InChI=1S/C17H32N2O2S/c1-13-15(9-7-11-22-13)18-14-8-5-6-10-19(12-14)16(20)21-17(2,3)4/h13-15,18H,5-12H2,1-4H3. The van der Waals surface area contributed by atoms with Crippen molar-refractivity contribution >= 4 is 17.9 Å². The van der Waals surface area contributed by atoms with E-state index in [2.05, 4.69) is 24.0 Å². The average Bonchev–Trinajstić information content (AvgIpc) is 2.65. The number of hydrogen-bond donors (Lipinski definition) is 1. The third kappa shape index (κ3) is 5.65. The summed E-state index contributed by atoms with van der Waals surface area (Å²) in [5, 5.41) is 4.50. The first-order valence-corrected chi connectivity index (χ1v) is 9.75. The summed E-state index contributed by atoms with van der Waals surface area (Å²) in [6, 6.07) is 0.989. The highest BCUT2D eigenvalue weighted by Crippen LogP contribution is 2.26. The molecule has 5 heteroatoms. The molecule has 0 spiro atoms. The van der Waals surface area contributed by atoms with Gasteiger partial charge in [0.05, 0.1) is 0 Å². The molecule has 0 aromatic carbocycles. The molecule has 3 atom stereocenters. The number of hydrogen-bond acceptors (Lipinski definition) is 4. The van der Waals surface area contributed by atoms with Gasteiger partial charge in [-0.2, -0.15) is 11.8 Å². The number of carbonyl (C=O) groups is 1. The van der Waals surface area contributed by atoms with Crippen LogP contribution in [0.4, 0.5) is 4.79 Å². The summed E-state index contributed by atoms with van der Waals surface area (Å²) >= 11 is 2.07. The van der Waals surface area contributed by atoms with Crippen LogP contribution < -0.4 is 5.32 Å². The van der Waals surface area contributed by atoms with Gasteiger partial charge in [-0.3, -0.25) is 0 Å². The zero-order chi connectivity index (χ0) is 16.2. The summed E-state index contributed by atoms with van der Waals surface area (Å²) in [5.74, 6) is 1.29. The van der Waals surface area contributed by atoms with Gasteiger partial charge in [-0.1, -0.05) is 13.3 Å². The van der Waals surface area contributed by atoms with E-state index >= 15 is 0 Å². The van der Waals surface area contributed by atoms with Crippen LogP contribution in [-0.4, -0.2) is 52.8 Å². The highest BCUT2D eigenvalue weighted by Gasteiger charge is 2.29. The van der Waals surface area contributed by atoms with Crippen molar-refractivity contribution in [3.63, 3.8) is 0 Å². The van der Waals surface area contributed by atoms with Gasteiger partial charge in [-0.25, -0.2) is 4.79 Å². The number of rotatable bonds is 2. The fourth-order valence-corrected chi connectivity index (χ4v) is 4.37. The van der Waals surface area contributed by atoms with Gasteiger partial charge in [-0.15, -0.1) is 0 Å². The molecule has 22 heavy (non-hydrogen) atoms. The molecule has 2 rings (SSSR count). The lowest BCUT2D eigenvalue weighted by Crippen LogP contribution is -2.50. The maximum Gasteiger partial charge on any atom is 0.410 e. The van der Waals surface area contributed by atoms with E-state index < -0.39 is 5.60 Å². The molecule has 2 heterocycles. The van der Waals surface area contributed by atoms with E-state index in [1.807, 2.05) is 25.7 Å². The van der Waals surface area contributed by atoms with Crippen molar-refractivity contribution in [2.75, 3.05) is 18.8 Å². The van der Waals surface area contributed by atoms with Gasteiger partial charge in [0.2, 0.25) is 0 Å². The Morgan fingerprint density at radius 1 is 1.23 bits per heavy atom. The number of ether oxygens (including phenoxy) is 1. The van der Waals surface area contributed by atoms with Crippen molar-refractivity contribution in [2.45, 2.75) is 82.7 Å². The quantitative estimate of drug-likeness (QED) is 0.840. The molecule has 0 radical (unpaired) electrons. The molecule has 2 fully saturated rings. The molecule has 0 aliphatic carbocycles. The molecule has 2 aliphatic heterocycles. The smallest absolute Gasteiger partial charge is 0.410 e. The maximum atomic E-state index is 12.3. The van der Waals surface area contributed by atoms with Crippen LogP contribution in [-0.2, 0) is 4.74 Å². The highest BCUT2D eigenvalue weighted by atomic mass is 32.2. The van der Waals surface area contributed by atoms with Crippen LogP contribution in [0, 0.1) is 0 Å². The van der Waals surface area contributed by atoms with Crippen molar-refractivity contribution in [1.82, 2.24) is 10.2 Å². The molecular weight excluding hydrogens is 296 g/mol. The van der Waals surface area contributed by atoms with E-state index in [-0.39, 0.29) is 6.09 Å². The zero-order valence-electron chi connectivity index (χ0n) is 14.6. The Morgan fingerprint density at radius 3 is 2.68 bits per heavy atom. The number of carbonyl (C=O) groups excluding carboxylic acids is 1. The molecule has 0 aromatic heterocycles. The van der Waals surface area contributed by atoms with Crippen LogP contribution in [0.2, 0.25) is 0 Å². The Labute approximate surface area is 139 Å². The van der Waals surface area contributed by atoms with Gasteiger partial charge in [0.25, 0.3) is 0 Å². The fourth-order valence-electron chi connectivity index (χ4n) is 3.22. The van der Waals surface area contributed by atoms with Crippen molar-refractivity contribution in [3.05, 3.63) is 0 Å². The molecule has 2 saturated heterocycles. The summed E-state index contributed by atoms with van der Waals surface area (Å²) in [6.45, 7) is 9.72. The Balaban J connectivity index is 1.90. The van der Waals surface area contributed by atoms with Gasteiger partial charge in [-0.05, 0) is 52.2 Å². The van der Waals surface area contributed by atoms with Gasteiger partial charge in [0, 0.05) is 30.4 Å². The van der Waals surface area contributed by atoms with Crippen LogP contribution in [0.25, 0.3) is 0 Å². The Morgan fingerprint density at radius 2 is 2.00 bits per heavy atom. The maximum absolute atomic E-state index is 12.3. The highest BCUT2D eigenvalue weighted by molar-refractivity contribution is 7.99. The second-order valence-electron chi connectivity index (χ2n) is 7.61. The number of amides is 1. The van der Waals surface area contributed by atoms with Crippen LogP contribution in [0.3, 0.4) is 0 Å². The minimum atomic E-state index is -0.416. The molecule has 4 nitrogen and oxygen atoms in total. The molecule has 2 aliphatic rings. The topological polar surface area (TPSA) is 41.6 Å². The summed E-state index contributed by atoms with van der Waals surface area (Å²) in [7, 11) is 0. The third-order valence-electron chi connectivity index (χ3n) is 4.38. The van der Waals surface area contributed by atoms with Gasteiger partial charge < -0.3 is 15.0 Å². The third-order valence-corrected chi connectivity index (χ3v) is 5.76. The van der Waals surface area contributed by atoms with Gasteiger partial charge in [0.15, 0.2) is 0 Å². The second-order valence-corrected chi connectivity index (χ2v) is 9.10. The van der Waals surface area contributed by atoms with E-state index in [1.54, 1.807) is 0 Å². The molecule has 3 unspecified atom stereocenters. The van der Waals surface area contributed by atoms with Crippen LogP contribution in [0.15, 0.2) is 0 Å². The van der Waals surface area contributed by atoms with Crippen LogP contribution >= 0.6 is 11.8 Å². The Bertz CT molecular complexity index is 370. The lowest BCUT2D eigenvalue weighted by atomic mass is 10.0. The lowest BCUT2D eigenvalue weighted by Gasteiger charge is -2.34. The van der Waals surface area contributed by atoms with E-state index in [1.165, 1.54) is 25.0 Å². The van der Waals surface area contributed by atoms with Gasteiger partial charge in [0.1, 0.15) is 5.60 Å². The first-order chi connectivity index (χ1) is 10.3. The van der Waals surface area contributed by atoms with Gasteiger partial charge >= 0.3 is 6.09 Å². The van der Waals surface area contributed by atoms with Crippen LogP contribution in [0.5, 0.6) is 0 Å². The lowest BCUT2D eigenvalue weighted by molar-refractivity contribution is 0.0241. The van der Waals surface area contributed by atoms with Crippen LogP contribution in [0.1, 0.15) is 59.8 Å². The summed E-state index contributed by atoms with van der Waals surface area (Å²) in [5.41, 5.74) is -0.416. The molecule has 128 valence electrons. The second kappa shape index (κ2) is 7.91. The summed E-state index contributed by atoms with van der Waals surface area (Å²) in [4.78, 5) is 14.2. The molecule has 1 N–H and O–H groups in total.